The standard InChI is InChI=1S/C12H26N2O/c1-4-14(9(2)10(3)15)12-7-5-6-11(12)8-13/h9-12,15H,4-8,13H2,1-3H3. The van der Waals surface area contributed by atoms with E-state index in [2.05, 4.69) is 18.7 Å². The predicted octanol–water partition coefficient (Wildman–Crippen LogP) is 1.20. The van der Waals surface area contributed by atoms with E-state index < -0.39 is 0 Å². The first-order valence-corrected chi connectivity index (χ1v) is 6.25. The first-order valence-electron chi connectivity index (χ1n) is 6.25. The average molecular weight is 214 g/mol. The zero-order valence-corrected chi connectivity index (χ0v) is 10.3. The molecule has 15 heavy (non-hydrogen) atoms. The number of rotatable bonds is 5. The van der Waals surface area contributed by atoms with Gasteiger partial charge in [0.2, 0.25) is 0 Å². The molecule has 3 nitrogen and oxygen atoms in total. The third-order valence-electron chi connectivity index (χ3n) is 3.93. The quantitative estimate of drug-likeness (QED) is 0.723. The van der Waals surface area contributed by atoms with Crippen molar-refractivity contribution in [1.82, 2.24) is 4.90 Å². The molecule has 1 aliphatic carbocycles. The Labute approximate surface area is 93.6 Å². The maximum absolute atomic E-state index is 9.67. The Morgan fingerprint density at radius 2 is 2.07 bits per heavy atom. The largest absolute Gasteiger partial charge is 0.392 e. The summed E-state index contributed by atoms with van der Waals surface area (Å²) in [5, 5.41) is 9.67. The first kappa shape index (κ1) is 12.9. The first-order chi connectivity index (χ1) is 7.11. The van der Waals surface area contributed by atoms with E-state index in [1.807, 2.05) is 6.92 Å². The number of hydrogen-bond acceptors (Lipinski definition) is 3. The van der Waals surface area contributed by atoms with E-state index in [-0.39, 0.29) is 12.1 Å². The van der Waals surface area contributed by atoms with Gasteiger partial charge in [-0.1, -0.05) is 13.3 Å². The van der Waals surface area contributed by atoms with Crippen LogP contribution < -0.4 is 5.73 Å². The molecule has 0 aromatic carbocycles. The van der Waals surface area contributed by atoms with Crippen LogP contribution in [0.1, 0.15) is 40.0 Å². The molecule has 90 valence electrons. The van der Waals surface area contributed by atoms with Gasteiger partial charge >= 0.3 is 0 Å². The summed E-state index contributed by atoms with van der Waals surface area (Å²) in [5.74, 6) is 0.631. The van der Waals surface area contributed by atoms with Gasteiger partial charge in [-0.2, -0.15) is 0 Å². The van der Waals surface area contributed by atoms with E-state index in [4.69, 9.17) is 5.73 Å². The minimum atomic E-state index is -0.260. The second kappa shape index (κ2) is 5.83. The Morgan fingerprint density at radius 3 is 2.53 bits per heavy atom. The van der Waals surface area contributed by atoms with Crippen LogP contribution in [0.5, 0.6) is 0 Å². The lowest BCUT2D eigenvalue weighted by molar-refractivity contribution is 0.0356. The summed E-state index contributed by atoms with van der Waals surface area (Å²) in [6.45, 7) is 7.95. The molecule has 3 heteroatoms. The molecule has 4 atom stereocenters. The summed E-state index contributed by atoms with van der Waals surface area (Å²) < 4.78 is 0. The zero-order valence-electron chi connectivity index (χ0n) is 10.3. The monoisotopic (exact) mass is 214 g/mol. The van der Waals surface area contributed by atoms with Gasteiger partial charge in [-0.3, -0.25) is 4.90 Å². The Bertz CT molecular complexity index is 184. The smallest absolute Gasteiger partial charge is 0.0664 e. The molecule has 0 aliphatic heterocycles. The highest BCUT2D eigenvalue weighted by molar-refractivity contribution is 4.88. The van der Waals surface area contributed by atoms with Crippen LogP contribution in [-0.4, -0.2) is 41.3 Å². The van der Waals surface area contributed by atoms with Crippen molar-refractivity contribution in [2.24, 2.45) is 11.7 Å². The molecule has 0 saturated heterocycles. The van der Waals surface area contributed by atoms with E-state index in [1.165, 1.54) is 19.3 Å². The minimum Gasteiger partial charge on any atom is -0.392 e. The summed E-state index contributed by atoms with van der Waals surface area (Å²) in [5.41, 5.74) is 5.80. The highest BCUT2D eigenvalue weighted by atomic mass is 16.3. The van der Waals surface area contributed by atoms with E-state index in [0.29, 0.717) is 12.0 Å². The van der Waals surface area contributed by atoms with Crippen molar-refractivity contribution >= 4 is 0 Å². The van der Waals surface area contributed by atoms with Crippen molar-refractivity contribution in [3.8, 4) is 0 Å². The molecule has 0 bridgehead atoms. The molecule has 0 aromatic heterocycles. The van der Waals surface area contributed by atoms with E-state index >= 15 is 0 Å². The lowest BCUT2D eigenvalue weighted by atomic mass is 9.99. The van der Waals surface area contributed by atoms with Crippen molar-refractivity contribution in [2.45, 2.75) is 58.2 Å². The molecular formula is C12H26N2O. The molecular weight excluding hydrogens is 188 g/mol. The molecule has 0 heterocycles. The van der Waals surface area contributed by atoms with Crippen LogP contribution >= 0.6 is 0 Å². The van der Waals surface area contributed by atoms with E-state index in [0.717, 1.165) is 13.1 Å². The van der Waals surface area contributed by atoms with Gasteiger partial charge in [0.25, 0.3) is 0 Å². The van der Waals surface area contributed by atoms with Gasteiger partial charge in [0.15, 0.2) is 0 Å². The maximum Gasteiger partial charge on any atom is 0.0664 e. The molecule has 1 aliphatic rings. The Balaban J connectivity index is 2.64. The lowest BCUT2D eigenvalue weighted by Crippen LogP contribution is -2.49. The fraction of sp³-hybridized carbons (Fsp3) is 1.00. The van der Waals surface area contributed by atoms with Gasteiger partial charge in [0, 0.05) is 12.1 Å². The number of hydrogen-bond donors (Lipinski definition) is 2. The van der Waals surface area contributed by atoms with Gasteiger partial charge in [-0.25, -0.2) is 0 Å². The minimum absolute atomic E-state index is 0.243. The summed E-state index contributed by atoms with van der Waals surface area (Å²) in [7, 11) is 0. The topological polar surface area (TPSA) is 49.5 Å². The van der Waals surface area contributed by atoms with Crippen molar-refractivity contribution in [3.05, 3.63) is 0 Å². The SMILES string of the molecule is CCN(C(C)C(C)O)C1CCCC1CN. The third-order valence-corrected chi connectivity index (χ3v) is 3.93. The average Bonchev–Trinajstić information content (AvgIpc) is 2.66. The van der Waals surface area contributed by atoms with Crippen LogP contribution in [0.4, 0.5) is 0 Å². The number of nitrogens with zero attached hydrogens (tertiary/aromatic N) is 1. The van der Waals surface area contributed by atoms with Gasteiger partial charge < -0.3 is 10.8 Å². The van der Waals surface area contributed by atoms with Crippen LogP contribution in [-0.2, 0) is 0 Å². The molecule has 1 rings (SSSR count). The molecule has 1 saturated carbocycles. The van der Waals surface area contributed by atoms with Crippen molar-refractivity contribution < 1.29 is 5.11 Å². The fourth-order valence-electron chi connectivity index (χ4n) is 2.83. The van der Waals surface area contributed by atoms with E-state index in [1.54, 1.807) is 0 Å². The van der Waals surface area contributed by atoms with Crippen molar-refractivity contribution in [3.63, 3.8) is 0 Å². The van der Waals surface area contributed by atoms with Gasteiger partial charge in [0.1, 0.15) is 0 Å². The van der Waals surface area contributed by atoms with Crippen LogP contribution in [0.15, 0.2) is 0 Å². The van der Waals surface area contributed by atoms with Crippen LogP contribution in [0.2, 0.25) is 0 Å². The van der Waals surface area contributed by atoms with Crippen LogP contribution in [0.3, 0.4) is 0 Å². The fourth-order valence-corrected chi connectivity index (χ4v) is 2.83. The molecule has 0 aromatic rings. The Morgan fingerprint density at radius 1 is 1.40 bits per heavy atom. The van der Waals surface area contributed by atoms with Gasteiger partial charge in [-0.05, 0) is 45.7 Å². The number of aliphatic hydroxyl groups is 1. The number of aliphatic hydroxyl groups excluding tert-OH is 1. The van der Waals surface area contributed by atoms with Crippen LogP contribution in [0.25, 0.3) is 0 Å². The molecule has 0 spiro atoms. The normalized spacial score (nSPS) is 30.8. The molecule has 1 fully saturated rings. The predicted molar refractivity (Wildman–Crippen MR) is 63.7 cm³/mol. The highest BCUT2D eigenvalue weighted by Gasteiger charge is 2.33. The molecule has 4 unspecified atom stereocenters. The van der Waals surface area contributed by atoms with Crippen molar-refractivity contribution in [2.75, 3.05) is 13.1 Å². The summed E-state index contributed by atoms with van der Waals surface area (Å²) in [6.07, 6.45) is 3.52. The molecule has 3 N–H and O–H groups in total. The lowest BCUT2D eigenvalue weighted by Gasteiger charge is -2.37. The van der Waals surface area contributed by atoms with Crippen molar-refractivity contribution in [1.29, 1.82) is 0 Å². The number of nitrogens with two attached hydrogens (primary N) is 1. The van der Waals surface area contributed by atoms with E-state index in [9.17, 15) is 5.11 Å². The Kier molecular flexibility index (Phi) is 5.03. The maximum atomic E-state index is 9.67. The third kappa shape index (κ3) is 2.92. The number of likely N-dealkylation sites (N-methyl/N-ethyl adjacent to an activating group) is 1. The zero-order chi connectivity index (χ0) is 11.4. The molecule has 0 amide bonds. The highest BCUT2D eigenvalue weighted by Crippen LogP contribution is 2.30. The second-order valence-corrected chi connectivity index (χ2v) is 4.81. The second-order valence-electron chi connectivity index (χ2n) is 4.81. The van der Waals surface area contributed by atoms with Crippen LogP contribution in [0, 0.1) is 5.92 Å². The summed E-state index contributed by atoms with van der Waals surface area (Å²) >= 11 is 0. The summed E-state index contributed by atoms with van der Waals surface area (Å²) in [6, 6.07) is 0.830. The van der Waals surface area contributed by atoms with Gasteiger partial charge in [0.05, 0.1) is 6.10 Å². The Hall–Kier alpha value is -0.120. The summed E-state index contributed by atoms with van der Waals surface area (Å²) in [4.78, 5) is 2.43. The van der Waals surface area contributed by atoms with Gasteiger partial charge in [-0.15, -0.1) is 0 Å². The molecule has 0 radical (unpaired) electrons.